The van der Waals surface area contributed by atoms with Crippen molar-refractivity contribution in [2.75, 3.05) is 0 Å². The highest BCUT2D eigenvalue weighted by molar-refractivity contribution is 6.42. The molecule has 0 aliphatic carbocycles. The van der Waals surface area contributed by atoms with Gasteiger partial charge >= 0.3 is 0 Å². The molecule has 0 aliphatic heterocycles. The molecule has 0 saturated heterocycles. The summed E-state index contributed by atoms with van der Waals surface area (Å²) in [5, 5.41) is 2.98. The summed E-state index contributed by atoms with van der Waals surface area (Å²) in [6.07, 6.45) is 2.01. The van der Waals surface area contributed by atoms with Crippen LogP contribution < -0.4 is 0 Å². The third-order valence-corrected chi connectivity index (χ3v) is 4.32. The molecule has 96 valence electrons. The molecule has 2 aromatic carbocycles. The SMILES string of the molecule is Clc1cccc(Cn2ccc3c(Cl)cccc32)c1Cl. The molecule has 3 rings (SSSR count). The molecule has 3 aromatic rings. The lowest BCUT2D eigenvalue weighted by Gasteiger charge is -2.08. The van der Waals surface area contributed by atoms with Gasteiger partial charge in [0.1, 0.15) is 0 Å². The molecule has 0 fully saturated rings. The van der Waals surface area contributed by atoms with Crippen molar-refractivity contribution in [1.82, 2.24) is 4.57 Å². The van der Waals surface area contributed by atoms with E-state index in [9.17, 15) is 0 Å². The number of hydrogen-bond acceptors (Lipinski definition) is 0. The fourth-order valence-corrected chi connectivity index (χ4v) is 2.79. The van der Waals surface area contributed by atoms with Crippen LogP contribution in [0.2, 0.25) is 15.1 Å². The van der Waals surface area contributed by atoms with Gasteiger partial charge < -0.3 is 4.57 Å². The molecule has 19 heavy (non-hydrogen) atoms. The second kappa shape index (κ2) is 5.09. The molecule has 0 aliphatic rings. The maximum absolute atomic E-state index is 6.22. The third-order valence-electron chi connectivity index (χ3n) is 3.13. The minimum Gasteiger partial charge on any atom is -0.343 e. The predicted molar refractivity (Wildman–Crippen MR) is 82.5 cm³/mol. The molecule has 0 bridgehead atoms. The largest absolute Gasteiger partial charge is 0.343 e. The van der Waals surface area contributed by atoms with Gasteiger partial charge in [0.2, 0.25) is 0 Å². The van der Waals surface area contributed by atoms with Crippen LogP contribution in [0, 0.1) is 0 Å². The molecule has 0 unspecified atom stereocenters. The Kier molecular flexibility index (Phi) is 3.44. The summed E-state index contributed by atoms with van der Waals surface area (Å²) in [5.41, 5.74) is 2.08. The molecule has 4 heteroatoms. The number of fused-ring (bicyclic) bond motifs is 1. The summed E-state index contributed by atoms with van der Waals surface area (Å²) < 4.78 is 2.11. The van der Waals surface area contributed by atoms with Gasteiger partial charge in [-0.15, -0.1) is 0 Å². The molecule has 0 radical (unpaired) electrons. The Labute approximate surface area is 126 Å². The summed E-state index contributed by atoms with van der Waals surface area (Å²) >= 11 is 18.4. The van der Waals surface area contributed by atoms with E-state index in [1.165, 1.54) is 0 Å². The molecule has 1 aromatic heterocycles. The molecule has 0 N–H and O–H groups in total. The lowest BCUT2D eigenvalue weighted by atomic mass is 10.2. The Morgan fingerprint density at radius 2 is 1.58 bits per heavy atom. The van der Waals surface area contributed by atoms with E-state index in [1.807, 2.05) is 42.6 Å². The van der Waals surface area contributed by atoms with Crippen LogP contribution >= 0.6 is 34.8 Å². The smallest absolute Gasteiger partial charge is 0.0642 e. The zero-order chi connectivity index (χ0) is 13.4. The van der Waals surface area contributed by atoms with Gasteiger partial charge in [0.15, 0.2) is 0 Å². The second-order valence-corrected chi connectivity index (χ2v) is 5.52. The van der Waals surface area contributed by atoms with Crippen LogP contribution in [0.15, 0.2) is 48.7 Å². The van der Waals surface area contributed by atoms with Gasteiger partial charge in [0, 0.05) is 28.7 Å². The van der Waals surface area contributed by atoms with Crippen LogP contribution in [0.1, 0.15) is 5.56 Å². The van der Waals surface area contributed by atoms with E-state index in [1.54, 1.807) is 6.07 Å². The number of hydrogen-bond donors (Lipinski definition) is 0. The Bertz CT molecular complexity index is 746. The van der Waals surface area contributed by atoms with Crippen molar-refractivity contribution in [2.45, 2.75) is 6.54 Å². The van der Waals surface area contributed by atoms with E-state index in [0.29, 0.717) is 16.6 Å². The highest BCUT2D eigenvalue weighted by atomic mass is 35.5. The number of benzene rings is 2. The summed E-state index contributed by atoms with van der Waals surface area (Å²) in [7, 11) is 0. The van der Waals surface area contributed by atoms with Crippen molar-refractivity contribution >= 4 is 45.7 Å². The molecule has 0 saturated carbocycles. The summed E-state index contributed by atoms with van der Waals surface area (Å²) in [6, 6.07) is 13.6. The number of aromatic nitrogens is 1. The van der Waals surface area contributed by atoms with Crippen LogP contribution in [0.4, 0.5) is 0 Å². The average molecular weight is 311 g/mol. The molecule has 1 nitrogen and oxygen atoms in total. The first-order chi connectivity index (χ1) is 9.16. The lowest BCUT2D eigenvalue weighted by molar-refractivity contribution is 0.837. The standard InChI is InChI=1S/C15H10Cl3N/c16-12-4-2-6-14-11(12)7-8-19(14)9-10-3-1-5-13(17)15(10)18/h1-8H,9H2. The van der Waals surface area contributed by atoms with Gasteiger partial charge in [-0.1, -0.05) is 53.0 Å². The maximum atomic E-state index is 6.22. The summed E-state index contributed by atoms with van der Waals surface area (Å²) in [4.78, 5) is 0. The van der Waals surface area contributed by atoms with E-state index >= 15 is 0 Å². The summed E-state index contributed by atoms with van der Waals surface area (Å²) in [6.45, 7) is 0.670. The highest BCUT2D eigenvalue weighted by Gasteiger charge is 2.08. The van der Waals surface area contributed by atoms with Crippen LogP contribution in [0.3, 0.4) is 0 Å². The van der Waals surface area contributed by atoms with Gasteiger partial charge in [-0.2, -0.15) is 0 Å². The lowest BCUT2D eigenvalue weighted by Crippen LogP contribution is -1.98. The van der Waals surface area contributed by atoms with E-state index in [4.69, 9.17) is 34.8 Å². The highest BCUT2D eigenvalue weighted by Crippen LogP contribution is 2.29. The van der Waals surface area contributed by atoms with Gasteiger partial charge in [-0.3, -0.25) is 0 Å². The van der Waals surface area contributed by atoms with Crippen molar-refractivity contribution in [3.05, 3.63) is 69.3 Å². The van der Waals surface area contributed by atoms with E-state index in [-0.39, 0.29) is 0 Å². The second-order valence-electron chi connectivity index (χ2n) is 4.33. The van der Waals surface area contributed by atoms with Crippen molar-refractivity contribution < 1.29 is 0 Å². The quantitative estimate of drug-likeness (QED) is 0.576. The van der Waals surface area contributed by atoms with Crippen molar-refractivity contribution in [1.29, 1.82) is 0 Å². The molecular formula is C15H10Cl3N. The first-order valence-corrected chi connectivity index (χ1v) is 6.96. The van der Waals surface area contributed by atoms with Gasteiger partial charge in [0.25, 0.3) is 0 Å². The molecule has 0 atom stereocenters. The topological polar surface area (TPSA) is 4.93 Å². The van der Waals surface area contributed by atoms with E-state index in [2.05, 4.69) is 4.57 Å². The molecular weight excluding hydrogens is 301 g/mol. The summed E-state index contributed by atoms with van der Waals surface area (Å²) in [5.74, 6) is 0. The van der Waals surface area contributed by atoms with Crippen molar-refractivity contribution in [3.8, 4) is 0 Å². The van der Waals surface area contributed by atoms with Crippen molar-refractivity contribution in [3.63, 3.8) is 0 Å². The number of nitrogens with zero attached hydrogens (tertiary/aromatic N) is 1. The van der Waals surface area contributed by atoms with Crippen molar-refractivity contribution in [2.24, 2.45) is 0 Å². The zero-order valence-corrected chi connectivity index (χ0v) is 12.2. The maximum Gasteiger partial charge on any atom is 0.0642 e. The zero-order valence-electron chi connectivity index (χ0n) is 9.91. The minimum absolute atomic E-state index is 0.577. The monoisotopic (exact) mass is 309 g/mol. The Balaban J connectivity index is 2.07. The molecule has 0 amide bonds. The normalized spacial score (nSPS) is 11.1. The molecule has 0 spiro atoms. The Hall–Kier alpha value is -1.15. The number of rotatable bonds is 2. The third kappa shape index (κ3) is 2.34. The first-order valence-electron chi connectivity index (χ1n) is 5.83. The van der Waals surface area contributed by atoms with E-state index < -0.39 is 0 Å². The Morgan fingerprint density at radius 1 is 0.842 bits per heavy atom. The number of halogens is 3. The van der Waals surface area contributed by atoms with Crippen LogP contribution in [-0.2, 0) is 6.54 Å². The van der Waals surface area contributed by atoms with Crippen LogP contribution in [0.5, 0.6) is 0 Å². The predicted octanol–water partition coefficient (Wildman–Crippen LogP) is 5.65. The van der Waals surface area contributed by atoms with Gasteiger partial charge in [-0.05, 0) is 29.8 Å². The van der Waals surface area contributed by atoms with E-state index in [0.717, 1.165) is 21.5 Å². The molecule has 1 heterocycles. The minimum atomic E-state index is 0.577. The average Bonchev–Trinajstić information content (AvgIpc) is 2.80. The fourth-order valence-electron chi connectivity index (χ4n) is 2.18. The van der Waals surface area contributed by atoms with Gasteiger partial charge in [0.05, 0.1) is 10.0 Å². The van der Waals surface area contributed by atoms with Gasteiger partial charge in [-0.25, -0.2) is 0 Å². The fraction of sp³-hybridized carbons (Fsp3) is 0.0667. The van der Waals surface area contributed by atoms with Crippen LogP contribution in [0.25, 0.3) is 10.9 Å². The first kappa shape index (κ1) is 12.9. The van der Waals surface area contributed by atoms with Crippen LogP contribution in [-0.4, -0.2) is 4.57 Å². The Morgan fingerprint density at radius 3 is 2.42 bits per heavy atom.